The van der Waals surface area contributed by atoms with E-state index in [0.717, 1.165) is 0 Å². The van der Waals surface area contributed by atoms with Crippen molar-refractivity contribution in [3.05, 3.63) is 59.6 Å². The van der Waals surface area contributed by atoms with Gasteiger partial charge in [-0.15, -0.1) is 0 Å². The Kier molecular flexibility index (Phi) is 4.17. The van der Waals surface area contributed by atoms with Crippen molar-refractivity contribution in [2.75, 3.05) is 6.61 Å². The maximum absolute atomic E-state index is 12.5. The number of rotatable bonds is 5. The third-order valence-electron chi connectivity index (χ3n) is 3.72. The molecule has 7 nitrogen and oxygen atoms in total. The minimum absolute atomic E-state index is 0.0199. The number of fused-ring (bicyclic) bond motifs is 2. The third kappa shape index (κ3) is 2.82. The van der Waals surface area contributed by atoms with Crippen LogP contribution in [0.3, 0.4) is 0 Å². The van der Waals surface area contributed by atoms with Crippen LogP contribution >= 0.6 is 7.82 Å². The summed E-state index contributed by atoms with van der Waals surface area (Å²) in [6.07, 6.45) is 0.364. The Morgan fingerprint density at radius 3 is 2.54 bits per heavy atom. The van der Waals surface area contributed by atoms with Gasteiger partial charge in [-0.1, -0.05) is 30.8 Å². The molecule has 0 fully saturated rings. The van der Waals surface area contributed by atoms with Crippen molar-refractivity contribution in [3.63, 3.8) is 0 Å². The molecule has 1 aliphatic carbocycles. The fraction of sp³-hybridized carbons (Fsp3) is 0.250. The van der Waals surface area contributed by atoms with Gasteiger partial charge in [0.15, 0.2) is 23.4 Å². The molecule has 0 radical (unpaired) electrons. The number of phosphoric ester groups is 1. The van der Waals surface area contributed by atoms with Gasteiger partial charge in [0.05, 0.1) is 12.5 Å². The van der Waals surface area contributed by atoms with Crippen molar-refractivity contribution in [2.24, 2.45) is 5.92 Å². The molecular formula is C16H15O7P. The number of ketones is 2. The highest BCUT2D eigenvalue weighted by Gasteiger charge is 2.46. The van der Waals surface area contributed by atoms with Crippen LogP contribution < -0.4 is 0 Å². The van der Waals surface area contributed by atoms with Gasteiger partial charge in [-0.3, -0.25) is 19.0 Å². The lowest BCUT2D eigenvalue weighted by Crippen LogP contribution is -2.38. The summed E-state index contributed by atoms with van der Waals surface area (Å²) in [6, 6.07) is 6.49. The van der Waals surface area contributed by atoms with E-state index in [1.807, 2.05) is 0 Å². The van der Waals surface area contributed by atoms with Crippen LogP contribution in [0.5, 0.6) is 0 Å². The zero-order valence-electron chi connectivity index (χ0n) is 12.8. The topological polar surface area (TPSA) is 99.1 Å². The number of carbonyl (C=O) groups is 2. The fourth-order valence-corrected chi connectivity index (χ4v) is 3.46. The average Bonchev–Trinajstić information content (AvgIpc) is 2.98. The predicted molar refractivity (Wildman–Crippen MR) is 83.2 cm³/mol. The summed E-state index contributed by atoms with van der Waals surface area (Å²) in [5.41, 5.74) is 0.630. The summed E-state index contributed by atoms with van der Waals surface area (Å²) >= 11 is 0. The van der Waals surface area contributed by atoms with Crippen molar-refractivity contribution in [2.45, 2.75) is 13.0 Å². The smallest absolute Gasteiger partial charge is 0.478 e. The molecule has 126 valence electrons. The maximum atomic E-state index is 12.5. The van der Waals surface area contributed by atoms with Crippen LogP contribution in [-0.4, -0.2) is 29.2 Å². The van der Waals surface area contributed by atoms with Crippen molar-refractivity contribution >= 4 is 19.4 Å². The van der Waals surface area contributed by atoms with E-state index in [9.17, 15) is 19.0 Å². The van der Waals surface area contributed by atoms with E-state index in [-0.39, 0.29) is 29.7 Å². The van der Waals surface area contributed by atoms with Gasteiger partial charge in [0.2, 0.25) is 5.78 Å². The fourth-order valence-electron chi connectivity index (χ4n) is 2.71. The molecule has 8 heteroatoms. The Morgan fingerprint density at radius 1 is 1.29 bits per heavy atom. The lowest BCUT2D eigenvalue weighted by Gasteiger charge is -2.24. The van der Waals surface area contributed by atoms with Gasteiger partial charge in [-0.25, -0.2) is 4.57 Å². The zero-order valence-corrected chi connectivity index (χ0v) is 13.7. The van der Waals surface area contributed by atoms with E-state index < -0.39 is 19.8 Å². The van der Waals surface area contributed by atoms with Crippen LogP contribution in [0, 0.1) is 5.92 Å². The molecule has 1 aromatic rings. The Hall–Kier alpha value is -2.21. The highest BCUT2D eigenvalue weighted by molar-refractivity contribution is 7.47. The summed E-state index contributed by atoms with van der Waals surface area (Å²) in [4.78, 5) is 34.5. The van der Waals surface area contributed by atoms with Crippen LogP contribution in [0.25, 0.3) is 0 Å². The van der Waals surface area contributed by atoms with E-state index >= 15 is 0 Å². The van der Waals surface area contributed by atoms with Gasteiger partial charge >= 0.3 is 7.82 Å². The zero-order chi connectivity index (χ0) is 17.5. The van der Waals surface area contributed by atoms with Gasteiger partial charge < -0.3 is 9.26 Å². The van der Waals surface area contributed by atoms with Crippen LogP contribution in [0.4, 0.5) is 0 Å². The molecule has 3 atom stereocenters. The molecule has 24 heavy (non-hydrogen) atoms. The van der Waals surface area contributed by atoms with E-state index in [1.165, 1.54) is 13.0 Å². The lowest BCUT2D eigenvalue weighted by molar-refractivity contribution is 0.0535. The van der Waals surface area contributed by atoms with E-state index in [2.05, 4.69) is 11.1 Å². The second kappa shape index (κ2) is 6.02. The Bertz CT molecular complexity index is 810. The van der Waals surface area contributed by atoms with Crippen LogP contribution in [0.15, 0.2) is 48.4 Å². The summed E-state index contributed by atoms with van der Waals surface area (Å²) in [5.74, 6) is -1.68. The predicted octanol–water partition coefficient (Wildman–Crippen LogP) is 2.63. The first kappa shape index (κ1) is 16.6. The molecule has 0 aromatic heterocycles. The standard InChI is InChI=1S/C16H15O7P/c1-3-21-24(19,20)23-9(2)13-8-12-14(17)10-6-4-5-7-11(10)15(18)16(12)22-13/h4-8,12,16H,2-3H2,1H3,(H,19,20). The number of hydrogen-bond acceptors (Lipinski definition) is 6. The second-order valence-corrected chi connectivity index (χ2v) is 6.65. The SMILES string of the molecule is C=C(OP(=O)(O)OCC)C1=CC2C(=O)c3ccccc3C(=O)C2O1. The third-order valence-corrected chi connectivity index (χ3v) is 4.76. The van der Waals surface area contributed by atoms with E-state index in [4.69, 9.17) is 9.26 Å². The van der Waals surface area contributed by atoms with Crippen LogP contribution in [-0.2, 0) is 18.3 Å². The molecule has 1 N–H and O–H groups in total. The number of Topliss-reactive ketones (excluding diaryl/α,β-unsaturated/α-hetero) is 2. The highest BCUT2D eigenvalue weighted by Crippen LogP contribution is 2.47. The van der Waals surface area contributed by atoms with Gasteiger partial charge in [-0.05, 0) is 13.0 Å². The number of benzene rings is 1. The molecule has 0 bridgehead atoms. The first-order valence-electron chi connectivity index (χ1n) is 7.26. The van der Waals surface area contributed by atoms with Crippen molar-refractivity contribution in [1.29, 1.82) is 0 Å². The molecule has 1 aliphatic heterocycles. The monoisotopic (exact) mass is 350 g/mol. The van der Waals surface area contributed by atoms with Crippen molar-refractivity contribution in [3.8, 4) is 0 Å². The molecule has 3 rings (SSSR count). The second-order valence-electron chi connectivity index (χ2n) is 5.27. The Balaban J connectivity index is 1.84. The molecule has 0 spiro atoms. The van der Waals surface area contributed by atoms with Crippen LogP contribution in [0.2, 0.25) is 0 Å². The normalized spacial score (nSPS) is 24.3. The minimum Gasteiger partial charge on any atom is -0.478 e. The number of carbonyl (C=O) groups excluding carboxylic acids is 2. The molecule has 3 unspecified atom stereocenters. The molecule has 0 saturated carbocycles. The molecule has 2 aliphatic rings. The minimum atomic E-state index is -4.32. The van der Waals surface area contributed by atoms with E-state index in [1.54, 1.807) is 24.3 Å². The van der Waals surface area contributed by atoms with Gasteiger partial charge in [0.1, 0.15) is 0 Å². The summed E-state index contributed by atoms with van der Waals surface area (Å²) in [7, 11) is -4.32. The summed E-state index contributed by atoms with van der Waals surface area (Å²) < 4.78 is 26.5. The summed E-state index contributed by atoms with van der Waals surface area (Å²) in [5, 5.41) is 0. The van der Waals surface area contributed by atoms with Crippen molar-refractivity contribution < 1.29 is 32.8 Å². The number of hydrogen-bond donors (Lipinski definition) is 1. The van der Waals surface area contributed by atoms with Gasteiger partial charge in [-0.2, -0.15) is 0 Å². The van der Waals surface area contributed by atoms with Crippen molar-refractivity contribution in [1.82, 2.24) is 0 Å². The molecule has 0 amide bonds. The summed E-state index contributed by atoms with van der Waals surface area (Å²) in [6.45, 7) is 5.01. The average molecular weight is 350 g/mol. The number of ether oxygens (including phenoxy) is 1. The number of phosphoric acid groups is 1. The first-order chi connectivity index (χ1) is 11.3. The molecule has 1 aromatic carbocycles. The van der Waals surface area contributed by atoms with Gasteiger partial charge in [0, 0.05) is 11.1 Å². The molecule has 1 heterocycles. The molecule has 0 saturated heterocycles. The largest absolute Gasteiger partial charge is 0.527 e. The quantitative estimate of drug-likeness (QED) is 0.644. The Morgan fingerprint density at radius 2 is 1.92 bits per heavy atom. The molecular weight excluding hydrogens is 335 g/mol. The lowest BCUT2D eigenvalue weighted by atomic mass is 9.80. The van der Waals surface area contributed by atoms with E-state index in [0.29, 0.717) is 11.1 Å². The first-order valence-corrected chi connectivity index (χ1v) is 8.75. The Labute approximate surface area is 138 Å². The highest BCUT2D eigenvalue weighted by atomic mass is 31.2. The van der Waals surface area contributed by atoms with Crippen LogP contribution in [0.1, 0.15) is 27.6 Å². The van der Waals surface area contributed by atoms with Gasteiger partial charge in [0.25, 0.3) is 0 Å². The maximum Gasteiger partial charge on any atom is 0.527 e.